The molecule has 2 aromatic rings. The molecule has 3 rings (SSSR count). The summed E-state index contributed by atoms with van der Waals surface area (Å²) in [5.41, 5.74) is -2.38. The number of halogens is 7. The van der Waals surface area contributed by atoms with Crippen LogP contribution in [0.25, 0.3) is 0 Å². The molecule has 1 fully saturated rings. The van der Waals surface area contributed by atoms with E-state index >= 15 is 0 Å². The smallest absolute Gasteiger partial charge is 0.370 e. The summed E-state index contributed by atoms with van der Waals surface area (Å²) in [5.74, 6) is -1.08. The third kappa shape index (κ3) is 6.56. The zero-order chi connectivity index (χ0) is 26.8. The maximum Gasteiger partial charge on any atom is 0.416 e. The number of carbonyl (C=O) groups excluding carboxylic acids is 1. The molecule has 0 bridgehead atoms. The third-order valence-corrected chi connectivity index (χ3v) is 6.51. The highest BCUT2D eigenvalue weighted by atomic mass is 19.4. The van der Waals surface area contributed by atoms with Gasteiger partial charge < -0.3 is 10.1 Å². The highest BCUT2D eigenvalue weighted by Crippen LogP contribution is 2.43. The summed E-state index contributed by atoms with van der Waals surface area (Å²) in [7, 11) is 3.24. The van der Waals surface area contributed by atoms with Gasteiger partial charge in [0.25, 0.3) is 0 Å². The van der Waals surface area contributed by atoms with Gasteiger partial charge in [-0.25, -0.2) is 4.39 Å². The number of ether oxygens (including phenoxy) is 1. The van der Waals surface area contributed by atoms with Crippen molar-refractivity contribution < 1.29 is 40.3 Å². The lowest BCUT2D eigenvalue weighted by Gasteiger charge is -2.33. The second-order valence-corrected chi connectivity index (χ2v) is 8.97. The maximum absolute atomic E-state index is 13.6. The molecule has 1 saturated carbocycles. The first-order chi connectivity index (χ1) is 16.7. The summed E-state index contributed by atoms with van der Waals surface area (Å²) in [5, 5.41) is 2.54. The van der Waals surface area contributed by atoms with Crippen LogP contribution in [0.2, 0.25) is 0 Å². The van der Waals surface area contributed by atoms with Crippen LogP contribution in [0.5, 0.6) is 0 Å². The molecule has 0 saturated heterocycles. The summed E-state index contributed by atoms with van der Waals surface area (Å²) >= 11 is 0. The lowest BCUT2D eigenvalue weighted by Crippen LogP contribution is -2.42. The van der Waals surface area contributed by atoms with Gasteiger partial charge in [-0.15, -0.1) is 0 Å². The number of carbonyl (C=O) groups is 1. The number of alkyl halides is 6. The van der Waals surface area contributed by atoms with Crippen molar-refractivity contribution in [2.75, 3.05) is 20.6 Å². The Kier molecular flexibility index (Phi) is 8.34. The second kappa shape index (κ2) is 10.8. The minimum Gasteiger partial charge on any atom is -0.370 e. The number of nitrogens with zero attached hydrogens (tertiary/aromatic N) is 1. The van der Waals surface area contributed by atoms with Gasteiger partial charge >= 0.3 is 12.4 Å². The molecule has 0 aliphatic heterocycles. The predicted octanol–water partition coefficient (Wildman–Crippen LogP) is 5.93. The van der Waals surface area contributed by atoms with E-state index in [2.05, 4.69) is 5.32 Å². The molecule has 1 aliphatic carbocycles. The highest BCUT2D eigenvalue weighted by Gasteiger charge is 2.42. The number of likely N-dealkylation sites (N-methyl/N-ethyl adjacent to an activating group) is 2. The Morgan fingerprint density at radius 3 is 2.08 bits per heavy atom. The molecule has 0 heterocycles. The lowest BCUT2D eigenvalue weighted by atomic mass is 9.91. The van der Waals surface area contributed by atoms with E-state index in [0.29, 0.717) is 30.5 Å². The Bertz CT molecular complexity index is 1020. The maximum atomic E-state index is 13.6. The Labute approximate surface area is 204 Å². The fourth-order valence-corrected chi connectivity index (χ4v) is 4.69. The molecule has 1 amide bonds. The first-order valence-corrected chi connectivity index (χ1v) is 11.3. The summed E-state index contributed by atoms with van der Waals surface area (Å²) in [6.07, 6.45) is -10.6. The van der Waals surface area contributed by atoms with Crippen molar-refractivity contribution in [3.8, 4) is 0 Å². The van der Waals surface area contributed by atoms with Gasteiger partial charge in [-0.2, -0.15) is 26.3 Å². The third-order valence-electron chi connectivity index (χ3n) is 6.51. The van der Waals surface area contributed by atoms with Crippen LogP contribution in [0.15, 0.2) is 42.5 Å². The monoisotopic (exact) mass is 520 g/mol. The van der Waals surface area contributed by atoms with Crippen LogP contribution in [0.3, 0.4) is 0 Å². The van der Waals surface area contributed by atoms with Crippen LogP contribution in [0.4, 0.5) is 30.7 Å². The van der Waals surface area contributed by atoms with Crippen LogP contribution >= 0.6 is 0 Å². The van der Waals surface area contributed by atoms with Gasteiger partial charge in [-0.3, -0.25) is 9.69 Å². The Morgan fingerprint density at radius 1 is 1.03 bits per heavy atom. The van der Waals surface area contributed by atoms with Crippen LogP contribution in [0.1, 0.15) is 54.0 Å². The molecule has 0 spiro atoms. The van der Waals surface area contributed by atoms with E-state index in [4.69, 9.17) is 4.74 Å². The highest BCUT2D eigenvalue weighted by molar-refractivity contribution is 5.77. The van der Waals surface area contributed by atoms with Crippen LogP contribution in [0, 0.1) is 5.82 Å². The Hall–Kier alpha value is -2.66. The van der Waals surface area contributed by atoms with E-state index in [9.17, 15) is 35.5 Å². The predicted molar refractivity (Wildman–Crippen MR) is 119 cm³/mol. The van der Waals surface area contributed by atoms with Crippen molar-refractivity contribution in [1.29, 1.82) is 0 Å². The lowest BCUT2D eigenvalue weighted by molar-refractivity contribution is -0.143. The Balaban J connectivity index is 1.93. The average Bonchev–Trinajstić information content (AvgIpc) is 3.21. The van der Waals surface area contributed by atoms with Gasteiger partial charge in [0.2, 0.25) is 5.91 Å². The molecular weight excluding hydrogens is 493 g/mol. The van der Waals surface area contributed by atoms with E-state index < -0.39 is 47.4 Å². The quantitative estimate of drug-likeness (QED) is 0.460. The van der Waals surface area contributed by atoms with Crippen molar-refractivity contribution in [3.05, 3.63) is 70.5 Å². The summed E-state index contributed by atoms with van der Waals surface area (Å²) < 4.78 is 99.6. The van der Waals surface area contributed by atoms with Gasteiger partial charge in [0.1, 0.15) is 5.82 Å². The van der Waals surface area contributed by atoms with Gasteiger partial charge in [0, 0.05) is 19.0 Å². The molecule has 36 heavy (non-hydrogen) atoms. The van der Waals surface area contributed by atoms with Crippen molar-refractivity contribution in [1.82, 2.24) is 10.2 Å². The largest absolute Gasteiger partial charge is 0.416 e. The Morgan fingerprint density at radius 2 is 1.58 bits per heavy atom. The van der Waals surface area contributed by atoms with Gasteiger partial charge in [-0.1, -0.05) is 12.1 Å². The van der Waals surface area contributed by atoms with Crippen LogP contribution in [-0.2, 0) is 21.9 Å². The van der Waals surface area contributed by atoms with Crippen molar-refractivity contribution in [2.45, 2.75) is 56.3 Å². The average molecular weight is 520 g/mol. The number of amides is 1. The zero-order valence-electron chi connectivity index (χ0n) is 19.9. The first kappa shape index (κ1) is 27.9. The van der Waals surface area contributed by atoms with Crippen molar-refractivity contribution in [3.63, 3.8) is 0 Å². The molecular formula is C25H27F7N2O2. The summed E-state index contributed by atoms with van der Waals surface area (Å²) in [4.78, 5) is 13.7. The van der Waals surface area contributed by atoms with E-state index in [-0.39, 0.29) is 30.1 Å². The number of rotatable bonds is 7. The minimum absolute atomic E-state index is 0.0731. The topological polar surface area (TPSA) is 41.6 Å². The molecule has 1 aliphatic rings. The van der Waals surface area contributed by atoms with Crippen LogP contribution in [-0.4, -0.2) is 43.6 Å². The molecule has 0 radical (unpaired) electrons. The van der Waals surface area contributed by atoms with Crippen molar-refractivity contribution >= 4 is 5.91 Å². The second-order valence-electron chi connectivity index (χ2n) is 8.97. The number of hydrogen-bond acceptors (Lipinski definition) is 3. The molecule has 4 nitrogen and oxygen atoms in total. The molecule has 198 valence electrons. The molecule has 4 atom stereocenters. The van der Waals surface area contributed by atoms with Gasteiger partial charge in [-0.05, 0) is 68.3 Å². The first-order valence-electron chi connectivity index (χ1n) is 11.3. The van der Waals surface area contributed by atoms with Gasteiger partial charge in [0.15, 0.2) is 0 Å². The zero-order valence-corrected chi connectivity index (χ0v) is 19.9. The molecule has 2 aromatic carbocycles. The molecule has 11 heteroatoms. The minimum atomic E-state index is -4.96. The van der Waals surface area contributed by atoms with Gasteiger partial charge in [0.05, 0.1) is 29.9 Å². The fraction of sp³-hybridized carbons (Fsp3) is 0.480. The number of benzene rings is 2. The molecule has 0 aromatic heterocycles. The van der Waals surface area contributed by atoms with E-state index in [1.165, 1.54) is 26.1 Å². The number of nitrogens with one attached hydrogen (secondary N) is 1. The molecule has 3 unspecified atom stereocenters. The number of hydrogen-bond donors (Lipinski definition) is 1. The summed E-state index contributed by atoms with van der Waals surface area (Å²) in [6, 6.07) is 6.86. The molecule has 1 N–H and O–H groups in total. The summed E-state index contributed by atoms with van der Waals surface area (Å²) in [6.45, 7) is 1.47. The van der Waals surface area contributed by atoms with E-state index in [1.54, 1.807) is 19.2 Å². The fourth-order valence-electron chi connectivity index (χ4n) is 4.69. The van der Waals surface area contributed by atoms with E-state index in [1.807, 2.05) is 4.90 Å². The van der Waals surface area contributed by atoms with Crippen molar-refractivity contribution in [2.24, 2.45) is 0 Å². The van der Waals surface area contributed by atoms with Crippen LogP contribution < -0.4 is 5.32 Å². The normalized spacial score (nSPS) is 21.6. The standard InChI is InChI=1S/C25H27F7N2O2/c1-14(16-10-17(24(27,28)29)12-18(11-16)25(30,31)32)36-21-9-8-20(34(3)13-22(35)33-2)23(21)15-4-6-19(26)7-5-15/h4-7,10-12,14,20-21,23H,8-9,13H2,1-3H3,(H,33,35)/t14-,20?,21?,23?/m0/s1. The van der Waals surface area contributed by atoms with E-state index in [0.717, 1.165) is 0 Å². The SMILES string of the molecule is CNC(=O)CN(C)C1CCC(O[C@@H](C)c2cc(C(F)(F)F)cc(C(F)(F)F)c2)C1c1ccc(F)cc1.